The van der Waals surface area contributed by atoms with E-state index in [4.69, 9.17) is 11.6 Å². The van der Waals surface area contributed by atoms with Crippen molar-refractivity contribution >= 4 is 17.3 Å². The summed E-state index contributed by atoms with van der Waals surface area (Å²) in [4.78, 5) is 0. The summed E-state index contributed by atoms with van der Waals surface area (Å²) in [6.45, 7) is 3.61. The highest BCUT2D eigenvalue weighted by Crippen LogP contribution is 2.36. The summed E-state index contributed by atoms with van der Waals surface area (Å²) >= 11 is 6.13. The average Bonchev–Trinajstić information content (AvgIpc) is 2.99. The zero-order valence-corrected chi connectivity index (χ0v) is 15.1. The second-order valence-corrected chi connectivity index (χ2v) is 7.07. The molecule has 0 aliphatic carbocycles. The van der Waals surface area contributed by atoms with E-state index < -0.39 is 5.92 Å². The predicted molar refractivity (Wildman–Crippen MR) is 98.3 cm³/mol. The van der Waals surface area contributed by atoms with Crippen molar-refractivity contribution in [3.63, 3.8) is 0 Å². The molecule has 2 aromatic carbocycles. The van der Waals surface area contributed by atoms with E-state index in [0.29, 0.717) is 23.0 Å². The number of nitrogens with zero attached hydrogens (tertiary/aromatic N) is 3. The molecule has 134 valence electrons. The van der Waals surface area contributed by atoms with E-state index in [0.717, 1.165) is 24.1 Å². The monoisotopic (exact) mass is 374 g/mol. The van der Waals surface area contributed by atoms with Gasteiger partial charge >= 0.3 is 0 Å². The molecule has 0 radical (unpaired) electrons. The van der Waals surface area contributed by atoms with Crippen LogP contribution in [0.15, 0.2) is 42.5 Å². The van der Waals surface area contributed by atoms with Gasteiger partial charge in [0.1, 0.15) is 5.82 Å². The van der Waals surface area contributed by atoms with Crippen LogP contribution < -0.4 is 5.32 Å². The molecule has 3 aromatic rings. The van der Waals surface area contributed by atoms with Crippen LogP contribution in [0.2, 0.25) is 5.02 Å². The summed E-state index contributed by atoms with van der Waals surface area (Å²) in [7, 11) is 0. The third-order valence-electron chi connectivity index (χ3n) is 4.55. The molecule has 0 bridgehead atoms. The van der Waals surface area contributed by atoms with Gasteiger partial charge in [0, 0.05) is 35.5 Å². The smallest absolute Gasteiger partial charge is 0.270 e. The van der Waals surface area contributed by atoms with E-state index in [2.05, 4.69) is 15.5 Å². The van der Waals surface area contributed by atoms with Crippen LogP contribution in [-0.2, 0) is 5.92 Å². The summed E-state index contributed by atoms with van der Waals surface area (Å²) in [5.41, 5.74) is 2.25. The van der Waals surface area contributed by atoms with Crippen LogP contribution >= 0.6 is 11.6 Å². The third-order valence-corrected chi connectivity index (χ3v) is 4.79. The molecule has 26 heavy (non-hydrogen) atoms. The van der Waals surface area contributed by atoms with Gasteiger partial charge in [-0.15, -0.1) is 10.2 Å². The maximum Gasteiger partial charge on any atom is 0.270 e. The minimum absolute atomic E-state index is 0.0523. The van der Waals surface area contributed by atoms with Gasteiger partial charge in [0.15, 0.2) is 5.82 Å². The molecule has 0 spiro atoms. The molecule has 0 saturated heterocycles. The van der Waals surface area contributed by atoms with Crippen LogP contribution in [0.3, 0.4) is 0 Å². The van der Waals surface area contributed by atoms with E-state index in [-0.39, 0.29) is 11.5 Å². The van der Waals surface area contributed by atoms with Crippen molar-refractivity contribution in [3.8, 4) is 17.1 Å². The Balaban J connectivity index is 1.94. The van der Waals surface area contributed by atoms with Crippen molar-refractivity contribution in [1.29, 1.82) is 0 Å². The molecule has 1 aliphatic heterocycles. The molecule has 1 unspecified atom stereocenters. The Hall–Kier alpha value is -2.47. The first-order chi connectivity index (χ1) is 12.3. The molecule has 2 heterocycles. The molecule has 7 heteroatoms. The molecule has 4 nitrogen and oxygen atoms in total. The van der Waals surface area contributed by atoms with Crippen LogP contribution in [0.25, 0.3) is 17.1 Å². The Morgan fingerprint density at radius 2 is 2.00 bits per heavy atom. The molecule has 0 amide bonds. The van der Waals surface area contributed by atoms with Crippen molar-refractivity contribution < 1.29 is 8.78 Å². The van der Waals surface area contributed by atoms with E-state index in [9.17, 15) is 8.78 Å². The number of benzene rings is 2. The lowest BCUT2D eigenvalue weighted by Crippen LogP contribution is -2.09. The SMILES string of the molecule is CC1CNc2cc(Cl)ccc2-n2c(-c3cccc(C(C)(F)F)c3)nnc21. The Bertz CT molecular complexity index is 978. The van der Waals surface area contributed by atoms with Gasteiger partial charge in [-0.1, -0.05) is 36.7 Å². The molecule has 0 fully saturated rings. The number of nitrogens with one attached hydrogen (secondary N) is 1. The summed E-state index contributed by atoms with van der Waals surface area (Å²) in [6.07, 6.45) is 0. The van der Waals surface area contributed by atoms with Gasteiger partial charge in [0.25, 0.3) is 5.92 Å². The van der Waals surface area contributed by atoms with Crippen molar-refractivity contribution in [1.82, 2.24) is 14.8 Å². The number of rotatable bonds is 2. The second kappa shape index (κ2) is 6.06. The minimum Gasteiger partial charge on any atom is -0.383 e. The fourth-order valence-electron chi connectivity index (χ4n) is 3.17. The highest BCUT2D eigenvalue weighted by Gasteiger charge is 2.28. The molecule has 1 N–H and O–H groups in total. The van der Waals surface area contributed by atoms with Crippen molar-refractivity contribution in [3.05, 3.63) is 58.9 Å². The zero-order chi connectivity index (χ0) is 18.5. The van der Waals surface area contributed by atoms with Gasteiger partial charge < -0.3 is 5.32 Å². The maximum absolute atomic E-state index is 13.8. The van der Waals surface area contributed by atoms with Gasteiger partial charge in [0.05, 0.1) is 11.4 Å². The van der Waals surface area contributed by atoms with E-state index in [1.165, 1.54) is 12.1 Å². The first kappa shape index (κ1) is 17.0. The minimum atomic E-state index is -2.92. The van der Waals surface area contributed by atoms with E-state index >= 15 is 0 Å². The number of aromatic nitrogens is 3. The molecule has 1 atom stereocenters. The van der Waals surface area contributed by atoms with Crippen LogP contribution in [0.4, 0.5) is 14.5 Å². The first-order valence-corrected chi connectivity index (χ1v) is 8.70. The van der Waals surface area contributed by atoms with Crippen molar-refractivity contribution in [2.24, 2.45) is 0 Å². The molecule has 0 saturated carbocycles. The summed E-state index contributed by atoms with van der Waals surface area (Å²) < 4.78 is 29.4. The zero-order valence-electron chi connectivity index (χ0n) is 14.3. The van der Waals surface area contributed by atoms with Gasteiger partial charge in [-0.05, 0) is 24.3 Å². The Labute approximate surface area is 154 Å². The average molecular weight is 375 g/mol. The van der Waals surface area contributed by atoms with Crippen molar-refractivity contribution in [2.75, 3.05) is 11.9 Å². The number of fused-ring (bicyclic) bond motifs is 3. The Morgan fingerprint density at radius 1 is 1.19 bits per heavy atom. The third kappa shape index (κ3) is 2.84. The van der Waals surface area contributed by atoms with Crippen LogP contribution in [0, 0.1) is 0 Å². The van der Waals surface area contributed by atoms with Gasteiger partial charge in [-0.2, -0.15) is 0 Å². The fourth-order valence-corrected chi connectivity index (χ4v) is 3.34. The second-order valence-electron chi connectivity index (χ2n) is 6.63. The molecular weight excluding hydrogens is 358 g/mol. The highest BCUT2D eigenvalue weighted by atomic mass is 35.5. The number of alkyl halides is 2. The summed E-state index contributed by atoms with van der Waals surface area (Å²) in [6, 6.07) is 11.8. The lowest BCUT2D eigenvalue weighted by molar-refractivity contribution is 0.0175. The molecule has 1 aromatic heterocycles. The van der Waals surface area contributed by atoms with Crippen LogP contribution in [0.5, 0.6) is 0 Å². The van der Waals surface area contributed by atoms with Crippen LogP contribution in [0.1, 0.15) is 31.2 Å². The Morgan fingerprint density at radius 3 is 2.77 bits per heavy atom. The standard InChI is InChI=1S/C19H17ClF2N4/c1-11-10-23-15-9-14(20)6-7-16(15)26-17(11)24-25-18(26)12-4-3-5-13(8-12)19(2,21)22/h3-9,11,23H,10H2,1-2H3. The van der Waals surface area contributed by atoms with Gasteiger partial charge in [-0.25, -0.2) is 8.78 Å². The quantitative estimate of drug-likeness (QED) is 0.668. The van der Waals surface area contributed by atoms with E-state index in [1.54, 1.807) is 18.2 Å². The lowest BCUT2D eigenvalue weighted by Gasteiger charge is -2.14. The maximum atomic E-state index is 13.8. The lowest BCUT2D eigenvalue weighted by atomic mass is 10.1. The molecular formula is C19H17ClF2N4. The van der Waals surface area contributed by atoms with E-state index in [1.807, 2.05) is 23.6 Å². The number of halogens is 3. The van der Waals surface area contributed by atoms with Crippen LogP contribution in [-0.4, -0.2) is 21.3 Å². The highest BCUT2D eigenvalue weighted by molar-refractivity contribution is 6.31. The number of anilines is 1. The van der Waals surface area contributed by atoms with Gasteiger partial charge in [0.2, 0.25) is 0 Å². The molecule has 4 rings (SSSR count). The topological polar surface area (TPSA) is 42.7 Å². The predicted octanol–water partition coefficient (Wildman–Crippen LogP) is 5.23. The molecule has 1 aliphatic rings. The summed E-state index contributed by atoms with van der Waals surface area (Å²) in [5.74, 6) is -1.51. The van der Waals surface area contributed by atoms with Gasteiger partial charge in [-0.3, -0.25) is 4.57 Å². The van der Waals surface area contributed by atoms with Crippen molar-refractivity contribution in [2.45, 2.75) is 25.7 Å². The number of hydrogen-bond donors (Lipinski definition) is 1. The normalized spacial score (nSPS) is 16.4. The number of hydrogen-bond acceptors (Lipinski definition) is 3. The first-order valence-electron chi connectivity index (χ1n) is 8.32. The summed E-state index contributed by atoms with van der Waals surface area (Å²) in [5, 5.41) is 12.6. The fraction of sp³-hybridized carbons (Fsp3) is 0.263. The largest absolute Gasteiger partial charge is 0.383 e. The Kier molecular flexibility index (Phi) is 3.95.